The van der Waals surface area contributed by atoms with E-state index >= 15 is 0 Å². The Morgan fingerprint density at radius 2 is 2.26 bits per heavy atom. The van der Waals surface area contributed by atoms with Crippen molar-refractivity contribution < 1.29 is 9.53 Å². The first kappa shape index (κ1) is 14.1. The van der Waals surface area contributed by atoms with Gasteiger partial charge < -0.3 is 15.4 Å². The number of nitrogens with zero attached hydrogens (tertiary/aromatic N) is 1. The van der Waals surface area contributed by atoms with Gasteiger partial charge in [0.15, 0.2) is 0 Å². The van der Waals surface area contributed by atoms with Gasteiger partial charge in [-0.1, -0.05) is 11.6 Å². The van der Waals surface area contributed by atoms with E-state index in [4.69, 9.17) is 16.3 Å². The van der Waals surface area contributed by atoms with E-state index in [1.54, 1.807) is 19.2 Å². The van der Waals surface area contributed by atoms with Crippen LogP contribution in [0.15, 0.2) is 12.1 Å². The maximum absolute atomic E-state index is 12.1. The SMILES string of the molecule is CCNc1ccc(Cl)c(C(=O)NC2CC(OC)C2)n1. The molecule has 1 aliphatic rings. The van der Waals surface area contributed by atoms with E-state index in [2.05, 4.69) is 15.6 Å². The topological polar surface area (TPSA) is 63.2 Å². The van der Waals surface area contributed by atoms with Crippen LogP contribution in [0.1, 0.15) is 30.3 Å². The van der Waals surface area contributed by atoms with Crippen LogP contribution in [0.25, 0.3) is 0 Å². The molecule has 0 radical (unpaired) electrons. The average molecular weight is 284 g/mol. The van der Waals surface area contributed by atoms with Crippen LogP contribution in [0.3, 0.4) is 0 Å². The highest BCUT2D eigenvalue weighted by atomic mass is 35.5. The zero-order valence-corrected chi connectivity index (χ0v) is 11.8. The summed E-state index contributed by atoms with van der Waals surface area (Å²) >= 11 is 6.02. The summed E-state index contributed by atoms with van der Waals surface area (Å²) in [5, 5.41) is 6.33. The second-order valence-electron chi connectivity index (χ2n) is 4.56. The molecule has 1 amide bonds. The third kappa shape index (κ3) is 3.36. The summed E-state index contributed by atoms with van der Waals surface area (Å²) in [6.45, 7) is 2.71. The number of pyridine rings is 1. The molecule has 1 aromatic rings. The zero-order chi connectivity index (χ0) is 13.8. The van der Waals surface area contributed by atoms with E-state index in [0.717, 1.165) is 19.4 Å². The Morgan fingerprint density at radius 3 is 2.89 bits per heavy atom. The van der Waals surface area contributed by atoms with Gasteiger partial charge in [0.25, 0.3) is 5.91 Å². The Morgan fingerprint density at radius 1 is 1.53 bits per heavy atom. The third-order valence-electron chi connectivity index (χ3n) is 3.18. The number of carbonyl (C=O) groups is 1. The fourth-order valence-electron chi connectivity index (χ4n) is 2.01. The zero-order valence-electron chi connectivity index (χ0n) is 11.1. The number of hydrogen-bond donors (Lipinski definition) is 2. The molecular weight excluding hydrogens is 266 g/mol. The standard InChI is InChI=1S/C13H18ClN3O2/c1-3-15-11-5-4-10(14)12(17-11)13(18)16-8-6-9(7-8)19-2/h4-5,8-9H,3,6-7H2,1-2H3,(H,15,17)(H,16,18). The maximum atomic E-state index is 12.1. The summed E-state index contributed by atoms with van der Waals surface area (Å²) < 4.78 is 5.18. The van der Waals surface area contributed by atoms with Crippen molar-refractivity contribution in [3.63, 3.8) is 0 Å². The summed E-state index contributed by atoms with van der Waals surface area (Å²) in [7, 11) is 1.68. The Bertz CT molecular complexity index is 461. The number of aromatic nitrogens is 1. The maximum Gasteiger partial charge on any atom is 0.271 e. The van der Waals surface area contributed by atoms with Gasteiger partial charge in [0.05, 0.1) is 11.1 Å². The van der Waals surface area contributed by atoms with E-state index in [-0.39, 0.29) is 23.7 Å². The number of amides is 1. The van der Waals surface area contributed by atoms with Gasteiger partial charge in [-0.05, 0) is 31.9 Å². The van der Waals surface area contributed by atoms with Crippen molar-refractivity contribution in [2.75, 3.05) is 19.0 Å². The minimum Gasteiger partial charge on any atom is -0.381 e. The van der Waals surface area contributed by atoms with Crippen molar-refractivity contribution in [2.24, 2.45) is 0 Å². The lowest BCUT2D eigenvalue weighted by Crippen LogP contribution is -2.47. The molecule has 0 aromatic carbocycles. The highest BCUT2D eigenvalue weighted by molar-refractivity contribution is 6.33. The van der Waals surface area contributed by atoms with E-state index in [0.29, 0.717) is 10.8 Å². The highest BCUT2D eigenvalue weighted by Crippen LogP contribution is 2.23. The first-order valence-corrected chi connectivity index (χ1v) is 6.76. The van der Waals surface area contributed by atoms with Crippen molar-refractivity contribution in [1.29, 1.82) is 0 Å². The van der Waals surface area contributed by atoms with Crippen LogP contribution in [-0.2, 0) is 4.74 Å². The van der Waals surface area contributed by atoms with E-state index in [1.807, 2.05) is 6.92 Å². The Balaban J connectivity index is 2.00. The van der Waals surface area contributed by atoms with Crippen molar-refractivity contribution >= 4 is 23.3 Å². The van der Waals surface area contributed by atoms with Gasteiger partial charge in [0.2, 0.25) is 0 Å². The van der Waals surface area contributed by atoms with Crippen LogP contribution in [0, 0.1) is 0 Å². The molecule has 0 atom stereocenters. The fraction of sp³-hybridized carbons (Fsp3) is 0.538. The predicted octanol–water partition coefficient (Wildman–Crippen LogP) is 2.07. The Hall–Kier alpha value is -1.33. The fourth-order valence-corrected chi connectivity index (χ4v) is 2.20. The van der Waals surface area contributed by atoms with Crippen LogP contribution in [-0.4, -0.2) is 36.7 Å². The van der Waals surface area contributed by atoms with Crippen molar-refractivity contribution in [2.45, 2.75) is 31.9 Å². The summed E-state index contributed by atoms with van der Waals surface area (Å²) in [6, 6.07) is 3.59. The normalized spacial score (nSPS) is 21.6. The van der Waals surface area contributed by atoms with Gasteiger partial charge in [0.1, 0.15) is 11.5 Å². The van der Waals surface area contributed by atoms with Gasteiger partial charge in [-0.2, -0.15) is 0 Å². The number of hydrogen-bond acceptors (Lipinski definition) is 4. The lowest BCUT2D eigenvalue weighted by Gasteiger charge is -2.34. The van der Waals surface area contributed by atoms with E-state index in [9.17, 15) is 4.79 Å². The second-order valence-corrected chi connectivity index (χ2v) is 4.96. The summed E-state index contributed by atoms with van der Waals surface area (Å²) in [5.74, 6) is 0.421. The van der Waals surface area contributed by atoms with Gasteiger partial charge in [-0.15, -0.1) is 0 Å². The molecule has 6 heteroatoms. The molecule has 1 saturated carbocycles. The molecule has 5 nitrogen and oxygen atoms in total. The van der Waals surface area contributed by atoms with Crippen LogP contribution < -0.4 is 10.6 Å². The third-order valence-corrected chi connectivity index (χ3v) is 3.49. The van der Waals surface area contributed by atoms with Gasteiger partial charge in [0, 0.05) is 19.7 Å². The van der Waals surface area contributed by atoms with Crippen LogP contribution in [0.4, 0.5) is 5.82 Å². The lowest BCUT2D eigenvalue weighted by molar-refractivity contribution is 0.0175. The molecule has 0 unspecified atom stereocenters. The van der Waals surface area contributed by atoms with Crippen LogP contribution in [0.5, 0.6) is 0 Å². The summed E-state index contributed by atoms with van der Waals surface area (Å²) in [5.41, 5.74) is 0.265. The quantitative estimate of drug-likeness (QED) is 0.868. The largest absolute Gasteiger partial charge is 0.381 e. The number of ether oxygens (including phenoxy) is 1. The molecule has 104 valence electrons. The van der Waals surface area contributed by atoms with Crippen molar-refractivity contribution in [3.8, 4) is 0 Å². The van der Waals surface area contributed by atoms with Crippen molar-refractivity contribution in [3.05, 3.63) is 22.8 Å². The second kappa shape index (κ2) is 6.21. The average Bonchev–Trinajstić information content (AvgIpc) is 2.35. The monoisotopic (exact) mass is 283 g/mol. The number of nitrogens with one attached hydrogen (secondary N) is 2. The molecule has 0 bridgehead atoms. The Labute approximate surface area is 117 Å². The first-order chi connectivity index (χ1) is 9.13. The van der Waals surface area contributed by atoms with Crippen LogP contribution >= 0.6 is 11.6 Å². The van der Waals surface area contributed by atoms with Crippen LogP contribution in [0.2, 0.25) is 5.02 Å². The molecule has 19 heavy (non-hydrogen) atoms. The molecule has 0 spiro atoms. The molecule has 2 rings (SSSR count). The van der Waals surface area contributed by atoms with Gasteiger partial charge in [-0.3, -0.25) is 4.79 Å². The van der Waals surface area contributed by atoms with Crippen molar-refractivity contribution in [1.82, 2.24) is 10.3 Å². The molecule has 1 fully saturated rings. The first-order valence-electron chi connectivity index (χ1n) is 6.38. The molecule has 0 aliphatic heterocycles. The molecule has 1 heterocycles. The molecule has 1 aromatic heterocycles. The molecule has 1 aliphatic carbocycles. The predicted molar refractivity (Wildman–Crippen MR) is 74.7 cm³/mol. The number of anilines is 1. The van der Waals surface area contributed by atoms with Gasteiger partial charge in [-0.25, -0.2) is 4.98 Å². The minimum absolute atomic E-state index is 0.151. The minimum atomic E-state index is -0.232. The molecule has 2 N–H and O–H groups in total. The van der Waals surface area contributed by atoms with E-state index in [1.165, 1.54) is 0 Å². The molecular formula is C13H18ClN3O2. The lowest BCUT2D eigenvalue weighted by atomic mass is 9.89. The summed E-state index contributed by atoms with van der Waals surface area (Å²) in [4.78, 5) is 16.3. The number of rotatable bonds is 5. The smallest absolute Gasteiger partial charge is 0.271 e. The highest BCUT2D eigenvalue weighted by Gasteiger charge is 2.31. The number of methoxy groups -OCH3 is 1. The molecule has 0 saturated heterocycles. The number of carbonyl (C=O) groups excluding carboxylic acids is 1. The summed E-state index contributed by atoms with van der Waals surface area (Å²) in [6.07, 6.45) is 1.93. The Kier molecular flexibility index (Phi) is 4.61. The van der Waals surface area contributed by atoms with Gasteiger partial charge >= 0.3 is 0 Å². The van der Waals surface area contributed by atoms with E-state index < -0.39 is 0 Å². The number of halogens is 1.